The van der Waals surface area contributed by atoms with E-state index in [-0.39, 0.29) is 16.8 Å². The smallest absolute Gasteiger partial charge is 0.358 e. The summed E-state index contributed by atoms with van der Waals surface area (Å²) in [7, 11) is 0. The lowest BCUT2D eigenvalue weighted by atomic mass is 9.95. The lowest BCUT2D eigenvalue weighted by molar-refractivity contribution is -0.182. The number of thioether (sulfide) groups is 2. The van der Waals surface area contributed by atoms with Crippen LogP contribution < -0.4 is 11.1 Å². The van der Waals surface area contributed by atoms with Crippen LogP contribution in [0.1, 0.15) is 42.8 Å². The fourth-order valence-electron chi connectivity index (χ4n) is 4.20. The number of rotatable bonds is 11. The van der Waals surface area contributed by atoms with E-state index >= 15 is 0 Å². The van der Waals surface area contributed by atoms with E-state index in [0.717, 1.165) is 0 Å². The molecule has 1 fully saturated rings. The summed E-state index contributed by atoms with van der Waals surface area (Å²) in [6.07, 6.45) is -1.53. The number of nitrogens with one attached hydrogen (secondary N) is 1. The van der Waals surface area contributed by atoms with Crippen molar-refractivity contribution in [1.82, 2.24) is 19.6 Å². The van der Waals surface area contributed by atoms with Gasteiger partial charge in [0.1, 0.15) is 23.4 Å². The van der Waals surface area contributed by atoms with Gasteiger partial charge in [-0.1, -0.05) is 36.0 Å². The van der Waals surface area contributed by atoms with E-state index in [9.17, 15) is 29.1 Å². The predicted molar refractivity (Wildman–Crippen MR) is 149 cm³/mol. The molecule has 3 heterocycles. The average molecular weight is 622 g/mol. The molecule has 1 aromatic carbocycles. The number of hydrogen-bond donors (Lipinski definition) is 3. The van der Waals surface area contributed by atoms with E-state index in [2.05, 4.69) is 14.7 Å². The Kier molecular flexibility index (Phi) is 9.80. The number of benzene rings is 1. The van der Waals surface area contributed by atoms with Crippen LogP contribution in [0.2, 0.25) is 0 Å². The number of ether oxygens (including phenoxy) is 2. The molecule has 2 amide bonds. The Morgan fingerprint density at radius 1 is 1.24 bits per heavy atom. The molecule has 2 aliphatic heterocycles. The number of esters is 2. The molecular formula is C25H27N5O8S3. The van der Waals surface area contributed by atoms with Crippen LogP contribution in [0.15, 0.2) is 46.2 Å². The predicted octanol–water partition coefficient (Wildman–Crippen LogP) is 1.00. The maximum absolute atomic E-state index is 13.3. The van der Waals surface area contributed by atoms with E-state index in [0.29, 0.717) is 21.4 Å². The number of ketones is 1. The van der Waals surface area contributed by atoms with Crippen LogP contribution in [-0.4, -0.2) is 84.2 Å². The monoisotopic (exact) mass is 621 g/mol. The Balaban J connectivity index is 1.52. The van der Waals surface area contributed by atoms with Crippen molar-refractivity contribution in [2.24, 2.45) is 5.73 Å². The Bertz CT molecular complexity index is 1380. The highest BCUT2D eigenvalue weighted by atomic mass is 32.2. The van der Waals surface area contributed by atoms with Crippen LogP contribution in [0.4, 0.5) is 0 Å². The van der Waals surface area contributed by atoms with Crippen molar-refractivity contribution >= 4 is 64.6 Å². The number of aliphatic hydroxyl groups is 1. The first-order chi connectivity index (χ1) is 19.5. The topological polar surface area (TPSA) is 191 Å². The molecule has 0 aliphatic carbocycles. The summed E-state index contributed by atoms with van der Waals surface area (Å²) >= 11 is 3.84. The SMILES string of the molecule is CC(=O)OC(C)OC(=O)C1=C(CSc2ncns2)CS[C@H]2C(NC(=O)C(O)c3ccccc3C(=O)[C@H](C)N)C(=O)N12. The number of nitrogens with zero attached hydrogens (tertiary/aromatic N) is 3. The second-order valence-corrected chi connectivity index (χ2v) is 12.2. The highest BCUT2D eigenvalue weighted by molar-refractivity contribution is 8.01. The van der Waals surface area contributed by atoms with Crippen molar-refractivity contribution in [3.8, 4) is 0 Å². The minimum atomic E-state index is -1.74. The number of carbonyl (C=O) groups is 5. The van der Waals surface area contributed by atoms with E-state index in [4.69, 9.17) is 15.2 Å². The van der Waals surface area contributed by atoms with Crippen LogP contribution >= 0.6 is 35.1 Å². The largest absolute Gasteiger partial charge is 0.426 e. The zero-order valence-electron chi connectivity index (χ0n) is 22.1. The van der Waals surface area contributed by atoms with Gasteiger partial charge in [0, 0.05) is 36.5 Å². The molecular weight excluding hydrogens is 595 g/mol. The number of nitrogens with two attached hydrogens (primary N) is 1. The number of β-lactam (4-membered cyclic amide) rings is 1. The average Bonchev–Trinajstić information content (AvgIpc) is 3.46. The highest BCUT2D eigenvalue weighted by Crippen LogP contribution is 2.42. The summed E-state index contributed by atoms with van der Waals surface area (Å²) in [5.74, 6) is -2.79. The third kappa shape index (κ3) is 6.78. The van der Waals surface area contributed by atoms with E-state index < -0.39 is 59.4 Å². The molecule has 16 heteroatoms. The number of aromatic nitrogens is 2. The van der Waals surface area contributed by atoms with Gasteiger partial charge in [0.2, 0.25) is 6.29 Å². The number of fused-ring (bicyclic) bond motifs is 1. The van der Waals surface area contributed by atoms with Crippen LogP contribution in [0.5, 0.6) is 0 Å². The summed E-state index contributed by atoms with van der Waals surface area (Å²) in [6.45, 7) is 4.05. The molecule has 218 valence electrons. The number of amides is 2. The van der Waals surface area contributed by atoms with Crippen molar-refractivity contribution in [1.29, 1.82) is 0 Å². The molecule has 41 heavy (non-hydrogen) atoms. The van der Waals surface area contributed by atoms with Gasteiger partial charge in [-0.05, 0) is 24.0 Å². The maximum Gasteiger partial charge on any atom is 0.358 e. The molecule has 0 saturated carbocycles. The lowest BCUT2D eigenvalue weighted by Gasteiger charge is -2.50. The fourth-order valence-corrected chi connectivity index (χ4v) is 7.13. The van der Waals surface area contributed by atoms with Gasteiger partial charge in [-0.15, -0.1) is 11.8 Å². The molecule has 0 radical (unpaired) electrons. The summed E-state index contributed by atoms with van der Waals surface area (Å²) in [4.78, 5) is 68.7. The van der Waals surface area contributed by atoms with Crippen LogP contribution in [0, 0.1) is 0 Å². The van der Waals surface area contributed by atoms with Crippen molar-refractivity contribution < 1.29 is 38.6 Å². The first kappa shape index (κ1) is 30.6. The molecule has 4 rings (SSSR count). The zero-order chi connectivity index (χ0) is 29.8. The highest BCUT2D eigenvalue weighted by Gasteiger charge is 2.55. The zero-order valence-corrected chi connectivity index (χ0v) is 24.6. The molecule has 1 saturated heterocycles. The molecule has 5 atom stereocenters. The van der Waals surface area contributed by atoms with Gasteiger partial charge in [-0.3, -0.25) is 24.1 Å². The van der Waals surface area contributed by atoms with Gasteiger partial charge in [0.15, 0.2) is 16.2 Å². The first-order valence-electron chi connectivity index (χ1n) is 12.3. The van der Waals surface area contributed by atoms with Crippen molar-refractivity contribution in [2.75, 3.05) is 11.5 Å². The number of aliphatic hydroxyl groups excluding tert-OH is 1. The molecule has 4 N–H and O–H groups in total. The third-order valence-corrected chi connectivity index (χ3v) is 9.26. The molecule has 2 aromatic rings. The third-order valence-electron chi connectivity index (χ3n) is 6.04. The Morgan fingerprint density at radius 2 is 1.98 bits per heavy atom. The summed E-state index contributed by atoms with van der Waals surface area (Å²) < 4.78 is 14.8. The molecule has 3 unspecified atom stereocenters. The van der Waals surface area contributed by atoms with Crippen molar-refractivity contribution in [2.45, 2.75) is 55.0 Å². The minimum absolute atomic E-state index is 0.00584. The normalized spacial score (nSPS) is 20.3. The van der Waals surface area contributed by atoms with Crippen molar-refractivity contribution in [3.05, 3.63) is 53.0 Å². The lowest BCUT2D eigenvalue weighted by Crippen LogP contribution is -2.71. The molecule has 13 nitrogen and oxygen atoms in total. The van der Waals surface area contributed by atoms with Gasteiger partial charge < -0.3 is 25.6 Å². The van der Waals surface area contributed by atoms with Gasteiger partial charge in [0.05, 0.1) is 6.04 Å². The van der Waals surface area contributed by atoms with Gasteiger partial charge in [0.25, 0.3) is 11.8 Å². The Morgan fingerprint density at radius 3 is 2.63 bits per heavy atom. The number of Topliss-reactive ketones (excluding diaryl/α,β-unsaturated/α-hetero) is 1. The fraction of sp³-hybridized carbons (Fsp3) is 0.400. The van der Waals surface area contributed by atoms with Crippen LogP contribution in [0.25, 0.3) is 0 Å². The minimum Gasteiger partial charge on any atom is -0.426 e. The molecule has 1 aromatic heterocycles. The molecule has 0 bridgehead atoms. The second kappa shape index (κ2) is 13.1. The standard InChI is InChI=1S/C25H27N5O8S3/c1-11(26)19(32)15-6-4-5-7-16(15)20(33)21(34)29-17-22(35)30-18(24(36)38-13(3)37-12(2)31)14(8-39-23(17)30)9-40-25-27-10-28-41-25/h4-7,10-11,13,17,20,23,33H,8-9,26H2,1-3H3,(H,29,34)/t11-,13?,17?,20?,23-/m0/s1. The van der Waals surface area contributed by atoms with Gasteiger partial charge in [-0.25, -0.2) is 9.78 Å². The van der Waals surface area contributed by atoms with E-state index in [1.54, 1.807) is 12.1 Å². The molecule has 2 aliphatic rings. The van der Waals surface area contributed by atoms with Crippen LogP contribution in [0.3, 0.4) is 0 Å². The number of carbonyl (C=O) groups excluding carboxylic acids is 5. The van der Waals surface area contributed by atoms with Crippen molar-refractivity contribution in [3.63, 3.8) is 0 Å². The second-order valence-electron chi connectivity index (χ2n) is 9.07. The van der Waals surface area contributed by atoms with Crippen LogP contribution in [-0.2, 0) is 28.7 Å². The van der Waals surface area contributed by atoms with E-state index in [1.807, 2.05) is 0 Å². The summed E-state index contributed by atoms with van der Waals surface area (Å²) in [5, 5.41) is 12.7. The quantitative estimate of drug-likeness (QED) is 0.106. The van der Waals surface area contributed by atoms with Gasteiger partial charge >= 0.3 is 11.9 Å². The van der Waals surface area contributed by atoms with E-state index in [1.165, 1.54) is 79.2 Å². The maximum atomic E-state index is 13.3. The summed E-state index contributed by atoms with van der Waals surface area (Å²) in [6, 6.07) is 4.16. The number of hydrogen-bond acceptors (Lipinski definition) is 14. The first-order valence-corrected chi connectivity index (χ1v) is 15.1. The Labute approximate surface area is 247 Å². The summed E-state index contributed by atoms with van der Waals surface area (Å²) in [5.41, 5.74) is 6.46. The molecule has 0 spiro atoms. The van der Waals surface area contributed by atoms with Gasteiger partial charge in [-0.2, -0.15) is 4.37 Å². The Hall–Kier alpha value is -3.31.